The molecule has 0 bridgehead atoms. The number of para-hydroxylation sites is 1. The SMILES string of the molecule is CCc1ccc(NC(=O)C(=O)N/N=C/c2ccccc2OCc2ccc(Cl)cc2)cc1. The van der Waals surface area contributed by atoms with Crippen molar-refractivity contribution in [3.8, 4) is 5.75 Å². The molecule has 0 unspecified atom stereocenters. The number of nitrogens with zero attached hydrogens (tertiary/aromatic N) is 1. The van der Waals surface area contributed by atoms with Crippen molar-refractivity contribution in [1.82, 2.24) is 5.43 Å². The number of rotatable bonds is 7. The molecule has 0 atom stereocenters. The third-order valence-corrected chi connectivity index (χ3v) is 4.67. The van der Waals surface area contributed by atoms with Crippen molar-refractivity contribution >= 4 is 35.3 Å². The molecule has 2 amide bonds. The van der Waals surface area contributed by atoms with E-state index < -0.39 is 11.8 Å². The van der Waals surface area contributed by atoms with Crippen LogP contribution in [0.5, 0.6) is 5.75 Å². The standard InChI is InChI=1S/C24H22ClN3O3/c1-2-17-9-13-21(14-10-17)27-23(29)24(30)28-26-15-19-5-3-4-6-22(19)31-16-18-7-11-20(25)12-8-18/h3-15H,2,16H2,1H3,(H,27,29)(H,28,30)/b26-15+. The second kappa shape index (κ2) is 10.9. The summed E-state index contributed by atoms with van der Waals surface area (Å²) in [5.74, 6) is -1.07. The molecule has 0 aromatic heterocycles. The molecule has 31 heavy (non-hydrogen) atoms. The van der Waals surface area contributed by atoms with Crippen molar-refractivity contribution in [2.45, 2.75) is 20.0 Å². The lowest BCUT2D eigenvalue weighted by Crippen LogP contribution is -2.32. The van der Waals surface area contributed by atoms with Gasteiger partial charge >= 0.3 is 11.8 Å². The number of nitrogens with one attached hydrogen (secondary N) is 2. The number of benzene rings is 3. The van der Waals surface area contributed by atoms with Crippen LogP contribution in [0.4, 0.5) is 5.69 Å². The molecular formula is C24H22ClN3O3. The van der Waals surface area contributed by atoms with Gasteiger partial charge in [0.25, 0.3) is 0 Å². The molecule has 0 aliphatic rings. The van der Waals surface area contributed by atoms with Crippen LogP contribution in [0.2, 0.25) is 5.02 Å². The molecule has 158 valence electrons. The first-order valence-corrected chi connectivity index (χ1v) is 10.1. The van der Waals surface area contributed by atoms with E-state index in [1.807, 2.05) is 43.3 Å². The van der Waals surface area contributed by atoms with E-state index in [2.05, 4.69) is 15.8 Å². The van der Waals surface area contributed by atoms with Crippen LogP contribution in [0.1, 0.15) is 23.6 Å². The quantitative estimate of drug-likeness (QED) is 0.324. The maximum Gasteiger partial charge on any atom is 0.329 e. The lowest BCUT2D eigenvalue weighted by molar-refractivity contribution is -0.136. The Kier molecular flexibility index (Phi) is 7.79. The Morgan fingerprint density at radius 1 is 0.935 bits per heavy atom. The van der Waals surface area contributed by atoms with Crippen molar-refractivity contribution < 1.29 is 14.3 Å². The minimum absolute atomic E-state index is 0.355. The van der Waals surface area contributed by atoms with E-state index in [0.717, 1.165) is 17.5 Å². The fraction of sp³-hybridized carbons (Fsp3) is 0.125. The number of halogens is 1. The van der Waals surface area contributed by atoms with Crippen LogP contribution in [0.15, 0.2) is 77.9 Å². The topological polar surface area (TPSA) is 79.8 Å². The minimum Gasteiger partial charge on any atom is -0.488 e. The summed E-state index contributed by atoms with van der Waals surface area (Å²) in [4.78, 5) is 24.0. The third-order valence-electron chi connectivity index (χ3n) is 4.42. The van der Waals surface area contributed by atoms with Crippen LogP contribution in [-0.2, 0) is 22.6 Å². The number of hydrazone groups is 1. The smallest absolute Gasteiger partial charge is 0.329 e. The zero-order chi connectivity index (χ0) is 22.1. The number of ether oxygens (including phenoxy) is 1. The monoisotopic (exact) mass is 435 g/mol. The number of hydrogen-bond donors (Lipinski definition) is 2. The normalized spacial score (nSPS) is 10.6. The number of carbonyl (C=O) groups is 2. The van der Waals surface area contributed by atoms with Gasteiger partial charge in [0.05, 0.1) is 6.21 Å². The molecule has 0 aliphatic heterocycles. The first-order valence-electron chi connectivity index (χ1n) is 9.74. The number of aryl methyl sites for hydroxylation is 1. The molecule has 0 spiro atoms. The molecule has 0 saturated heterocycles. The van der Waals surface area contributed by atoms with E-state index in [0.29, 0.717) is 28.6 Å². The number of anilines is 1. The van der Waals surface area contributed by atoms with Gasteiger partial charge in [0.2, 0.25) is 0 Å². The molecule has 0 aliphatic carbocycles. The highest BCUT2D eigenvalue weighted by Gasteiger charge is 2.13. The van der Waals surface area contributed by atoms with Gasteiger partial charge in [-0.2, -0.15) is 5.10 Å². The average Bonchev–Trinajstić information content (AvgIpc) is 2.80. The Bertz CT molecular complexity index is 1060. The van der Waals surface area contributed by atoms with Crippen molar-refractivity contribution in [1.29, 1.82) is 0 Å². The maximum absolute atomic E-state index is 12.0. The third kappa shape index (κ3) is 6.69. The molecule has 0 heterocycles. The lowest BCUT2D eigenvalue weighted by atomic mass is 10.1. The van der Waals surface area contributed by atoms with Gasteiger partial charge in [-0.05, 0) is 53.9 Å². The second-order valence-electron chi connectivity index (χ2n) is 6.66. The first-order chi connectivity index (χ1) is 15.0. The van der Waals surface area contributed by atoms with E-state index in [-0.39, 0.29) is 0 Å². The molecule has 3 aromatic rings. The maximum atomic E-state index is 12.0. The molecule has 3 aromatic carbocycles. The number of amides is 2. The molecule has 2 N–H and O–H groups in total. The van der Waals surface area contributed by atoms with Gasteiger partial charge in [0.15, 0.2) is 0 Å². The van der Waals surface area contributed by atoms with Crippen LogP contribution in [-0.4, -0.2) is 18.0 Å². The van der Waals surface area contributed by atoms with Crippen LogP contribution >= 0.6 is 11.6 Å². The average molecular weight is 436 g/mol. The predicted octanol–water partition coefficient (Wildman–Crippen LogP) is 4.57. The van der Waals surface area contributed by atoms with E-state index in [1.54, 1.807) is 36.4 Å². The van der Waals surface area contributed by atoms with E-state index in [4.69, 9.17) is 16.3 Å². The highest BCUT2D eigenvalue weighted by molar-refractivity contribution is 6.39. The second-order valence-corrected chi connectivity index (χ2v) is 7.09. The highest BCUT2D eigenvalue weighted by Crippen LogP contribution is 2.18. The Labute approximate surface area is 185 Å². The van der Waals surface area contributed by atoms with E-state index in [1.165, 1.54) is 6.21 Å². The summed E-state index contributed by atoms with van der Waals surface area (Å²) in [5.41, 5.74) is 5.54. The fourth-order valence-corrected chi connectivity index (χ4v) is 2.81. The molecule has 0 saturated carbocycles. The van der Waals surface area contributed by atoms with Crippen LogP contribution < -0.4 is 15.5 Å². The first kappa shape index (κ1) is 22.1. The van der Waals surface area contributed by atoms with Gasteiger partial charge in [-0.3, -0.25) is 9.59 Å². The zero-order valence-electron chi connectivity index (χ0n) is 17.0. The molecule has 0 fully saturated rings. The van der Waals surface area contributed by atoms with Gasteiger partial charge in [0, 0.05) is 16.3 Å². The summed E-state index contributed by atoms with van der Waals surface area (Å²) in [6.45, 7) is 2.40. The highest BCUT2D eigenvalue weighted by atomic mass is 35.5. The number of hydrogen-bond acceptors (Lipinski definition) is 4. The van der Waals surface area contributed by atoms with Crippen molar-refractivity contribution in [2.24, 2.45) is 5.10 Å². The van der Waals surface area contributed by atoms with Crippen LogP contribution in [0.25, 0.3) is 0 Å². The Balaban J connectivity index is 1.55. The minimum atomic E-state index is -0.865. The van der Waals surface area contributed by atoms with E-state index in [9.17, 15) is 9.59 Å². The Morgan fingerprint density at radius 3 is 2.32 bits per heavy atom. The molecule has 0 radical (unpaired) electrons. The van der Waals surface area contributed by atoms with Gasteiger partial charge in [0.1, 0.15) is 12.4 Å². The van der Waals surface area contributed by atoms with Gasteiger partial charge < -0.3 is 10.1 Å². The van der Waals surface area contributed by atoms with E-state index >= 15 is 0 Å². The summed E-state index contributed by atoms with van der Waals surface area (Å²) in [5, 5.41) is 7.07. The van der Waals surface area contributed by atoms with Crippen molar-refractivity contribution in [3.63, 3.8) is 0 Å². The van der Waals surface area contributed by atoms with Crippen LogP contribution in [0, 0.1) is 0 Å². The number of carbonyl (C=O) groups excluding carboxylic acids is 2. The summed E-state index contributed by atoms with van der Waals surface area (Å²) in [7, 11) is 0. The Hall–Kier alpha value is -3.64. The lowest BCUT2D eigenvalue weighted by Gasteiger charge is -2.09. The van der Waals surface area contributed by atoms with Crippen molar-refractivity contribution in [3.05, 3.63) is 94.5 Å². The Morgan fingerprint density at radius 2 is 1.61 bits per heavy atom. The van der Waals surface area contributed by atoms with Gasteiger partial charge in [-0.15, -0.1) is 0 Å². The summed E-state index contributed by atoms with van der Waals surface area (Å²) < 4.78 is 5.84. The molecule has 6 nitrogen and oxygen atoms in total. The zero-order valence-corrected chi connectivity index (χ0v) is 17.7. The van der Waals surface area contributed by atoms with Gasteiger partial charge in [-0.1, -0.05) is 54.9 Å². The van der Waals surface area contributed by atoms with Crippen molar-refractivity contribution in [2.75, 3.05) is 5.32 Å². The summed E-state index contributed by atoms with van der Waals surface area (Å²) >= 11 is 5.90. The van der Waals surface area contributed by atoms with Gasteiger partial charge in [-0.25, -0.2) is 5.43 Å². The molecule has 7 heteroatoms. The predicted molar refractivity (Wildman–Crippen MR) is 122 cm³/mol. The largest absolute Gasteiger partial charge is 0.488 e. The molecular weight excluding hydrogens is 414 g/mol. The summed E-state index contributed by atoms with van der Waals surface area (Å²) in [6.07, 6.45) is 2.33. The fourth-order valence-electron chi connectivity index (χ4n) is 2.68. The van der Waals surface area contributed by atoms with Crippen LogP contribution in [0.3, 0.4) is 0 Å². The molecule has 3 rings (SSSR count). The summed E-state index contributed by atoms with van der Waals surface area (Å²) in [6, 6.07) is 21.9.